The van der Waals surface area contributed by atoms with Gasteiger partial charge in [0.05, 0.1) is 5.69 Å². The molecule has 2 heterocycles. The first kappa shape index (κ1) is 16.5. The third-order valence-electron chi connectivity index (χ3n) is 3.64. The summed E-state index contributed by atoms with van der Waals surface area (Å²) < 4.78 is 1.67. The molecule has 0 fully saturated rings. The van der Waals surface area contributed by atoms with Gasteiger partial charge in [-0.05, 0) is 51.1 Å². The van der Waals surface area contributed by atoms with Crippen molar-refractivity contribution < 1.29 is 9.59 Å². The van der Waals surface area contributed by atoms with Crippen LogP contribution in [-0.2, 0) is 0 Å². The van der Waals surface area contributed by atoms with Crippen molar-refractivity contribution in [3.8, 4) is 5.82 Å². The number of nitrogens with zero attached hydrogens (tertiary/aromatic N) is 4. The van der Waals surface area contributed by atoms with E-state index in [1.165, 1.54) is 6.92 Å². The summed E-state index contributed by atoms with van der Waals surface area (Å²) in [5.41, 5.74) is 3.06. The lowest BCUT2D eigenvalue weighted by atomic mass is 10.1. The van der Waals surface area contributed by atoms with Crippen molar-refractivity contribution in [1.29, 1.82) is 0 Å². The molecule has 0 atom stereocenters. The summed E-state index contributed by atoms with van der Waals surface area (Å²) in [6, 6.07) is 11.9. The summed E-state index contributed by atoms with van der Waals surface area (Å²) in [7, 11) is 0. The van der Waals surface area contributed by atoms with Gasteiger partial charge in [0, 0.05) is 16.9 Å². The van der Waals surface area contributed by atoms with E-state index < -0.39 is 5.91 Å². The quantitative estimate of drug-likeness (QED) is 0.740. The first-order valence-corrected chi connectivity index (χ1v) is 7.74. The Labute approximate surface area is 144 Å². The molecule has 126 valence electrons. The number of hydrogen-bond acceptors (Lipinski definition) is 5. The molecule has 0 aliphatic rings. The number of carbonyl (C=O) groups excluding carboxylic acids is 2. The molecule has 7 nitrogen and oxygen atoms in total. The van der Waals surface area contributed by atoms with E-state index in [1.807, 2.05) is 19.9 Å². The summed E-state index contributed by atoms with van der Waals surface area (Å²) in [6.45, 7) is 5.29. The molecule has 2 aromatic heterocycles. The molecule has 3 aromatic rings. The van der Waals surface area contributed by atoms with E-state index in [2.05, 4.69) is 20.6 Å². The predicted molar refractivity (Wildman–Crippen MR) is 93.0 cm³/mol. The SMILES string of the molecule is CC(=O)c1cccc(NC(=O)c2ccc(-n3nc(C)cc3C)nn2)c1. The molecule has 0 aliphatic heterocycles. The first-order valence-electron chi connectivity index (χ1n) is 7.74. The fraction of sp³-hybridized carbons (Fsp3) is 0.167. The van der Waals surface area contributed by atoms with Crippen LogP contribution in [-0.4, -0.2) is 31.7 Å². The zero-order valence-electron chi connectivity index (χ0n) is 14.1. The lowest BCUT2D eigenvalue weighted by Crippen LogP contribution is -2.15. The molecule has 0 saturated heterocycles. The van der Waals surface area contributed by atoms with E-state index >= 15 is 0 Å². The van der Waals surface area contributed by atoms with Gasteiger partial charge in [-0.15, -0.1) is 10.2 Å². The van der Waals surface area contributed by atoms with Crippen LogP contribution in [0.2, 0.25) is 0 Å². The molecule has 0 saturated carbocycles. The minimum atomic E-state index is -0.395. The Morgan fingerprint density at radius 3 is 2.44 bits per heavy atom. The van der Waals surface area contributed by atoms with E-state index in [1.54, 1.807) is 41.1 Å². The van der Waals surface area contributed by atoms with Crippen molar-refractivity contribution in [2.24, 2.45) is 0 Å². The number of amides is 1. The number of ketones is 1. The van der Waals surface area contributed by atoms with Gasteiger partial charge in [0.25, 0.3) is 5.91 Å². The van der Waals surface area contributed by atoms with Crippen molar-refractivity contribution in [2.75, 3.05) is 5.32 Å². The number of benzene rings is 1. The van der Waals surface area contributed by atoms with Gasteiger partial charge in [-0.1, -0.05) is 12.1 Å². The fourth-order valence-corrected chi connectivity index (χ4v) is 2.43. The van der Waals surface area contributed by atoms with E-state index in [0.29, 0.717) is 17.1 Å². The number of nitrogens with one attached hydrogen (secondary N) is 1. The Morgan fingerprint density at radius 2 is 1.84 bits per heavy atom. The summed E-state index contributed by atoms with van der Waals surface area (Å²) in [5.74, 6) is 0.0824. The van der Waals surface area contributed by atoms with Gasteiger partial charge in [-0.3, -0.25) is 9.59 Å². The summed E-state index contributed by atoms with van der Waals surface area (Å²) in [6.07, 6.45) is 0. The average Bonchev–Trinajstić information content (AvgIpc) is 2.93. The largest absolute Gasteiger partial charge is 0.321 e. The van der Waals surface area contributed by atoms with Crippen LogP contribution in [0.5, 0.6) is 0 Å². The second-order valence-corrected chi connectivity index (χ2v) is 5.71. The Hall–Kier alpha value is -3.35. The van der Waals surface area contributed by atoms with Crippen LogP contribution in [0.15, 0.2) is 42.5 Å². The topological polar surface area (TPSA) is 89.8 Å². The zero-order chi connectivity index (χ0) is 18.0. The third kappa shape index (κ3) is 3.60. The van der Waals surface area contributed by atoms with E-state index in [-0.39, 0.29) is 11.5 Å². The first-order chi connectivity index (χ1) is 11.9. The fourth-order valence-electron chi connectivity index (χ4n) is 2.43. The molecule has 3 rings (SSSR count). The molecule has 0 spiro atoms. The summed E-state index contributed by atoms with van der Waals surface area (Å²) >= 11 is 0. The molecule has 1 aromatic carbocycles. The van der Waals surface area contributed by atoms with Crippen molar-refractivity contribution in [2.45, 2.75) is 20.8 Å². The van der Waals surface area contributed by atoms with Gasteiger partial charge in [-0.2, -0.15) is 5.10 Å². The molecule has 1 amide bonds. The van der Waals surface area contributed by atoms with Crippen LogP contribution in [0.3, 0.4) is 0 Å². The van der Waals surface area contributed by atoms with Crippen LogP contribution in [0.4, 0.5) is 5.69 Å². The molecule has 0 unspecified atom stereocenters. The monoisotopic (exact) mass is 335 g/mol. The van der Waals surface area contributed by atoms with Crippen molar-refractivity contribution in [3.05, 3.63) is 65.1 Å². The molecule has 7 heteroatoms. The normalized spacial score (nSPS) is 10.5. The number of Topliss-reactive ketones (excluding diaryl/α,β-unsaturated/α-hetero) is 1. The summed E-state index contributed by atoms with van der Waals surface area (Å²) in [4.78, 5) is 23.7. The lowest BCUT2D eigenvalue weighted by Gasteiger charge is -2.06. The van der Waals surface area contributed by atoms with Crippen LogP contribution < -0.4 is 5.32 Å². The highest BCUT2D eigenvalue weighted by molar-refractivity contribution is 6.03. The highest BCUT2D eigenvalue weighted by atomic mass is 16.2. The Bertz CT molecular complexity index is 944. The second-order valence-electron chi connectivity index (χ2n) is 5.71. The highest BCUT2D eigenvalue weighted by Crippen LogP contribution is 2.13. The van der Waals surface area contributed by atoms with E-state index in [0.717, 1.165) is 11.4 Å². The molecule has 0 bridgehead atoms. The Morgan fingerprint density at radius 1 is 1.04 bits per heavy atom. The third-order valence-corrected chi connectivity index (χ3v) is 3.64. The maximum absolute atomic E-state index is 12.3. The maximum atomic E-state index is 12.3. The molecule has 0 aliphatic carbocycles. The number of carbonyl (C=O) groups is 2. The lowest BCUT2D eigenvalue weighted by molar-refractivity contribution is 0.100. The number of aryl methyl sites for hydroxylation is 2. The maximum Gasteiger partial charge on any atom is 0.276 e. The van der Waals surface area contributed by atoms with Gasteiger partial charge >= 0.3 is 0 Å². The van der Waals surface area contributed by atoms with Gasteiger partial charge < -0.3 is 5.32 Å². The van der Waals surface area contributed by atoms with Gasteiger partial charge in [0.2, 0.25) is 0 Å². The predicted octanol–water partition coefficient (Wildman–Crippen LogP) is 2.73. The minimum absolute atomic E-state index is 0.0647. The van der Waals surface area contributed by atoms with Crippen LogP contribution in [0, 0.1) is 13.8 Å². The average molecular weight is 335 g/mol. The van der Waals surface area contributed by atoms with Gasteiger partial charge in [-0.25, -0.2) is 4.68 Å². The molecule has 0 radical (unpaired) electrons. The van der Waals surface area contributed by atoms with Crippen LogP contribution in [0.25, 0.3) is 5.82 Å². The number of rotatable bonds is 4. The zero-order valence-corrected chi connectivity index (χ0v) is 14.1. The number of hydrogen-bond donors (Lipinski definition) is 1. The van der Waals surface area contributed by atoms with Crippen LogP contribution >= 0.6 is 0 Å². The number of aromatic nitrogens is 4. The Kier molecular flexibility index (Phi) is 4.38. The van der Waals surface area contributed by atoms with Crippen molar-refractivity contribution in [1.82, 2.24) is 20.0 Å². The molecule has 25 heavy (non-hydrogen) atoms. The highest BCUT2D eigenvalue weighted by Gasteiger charge is 2.11. The van der Waals surface area contributed by atoms with Gasteiger partial charge in [0.15, 0.2) is 17.3 Å². The molecular weight excluding hydrogens is 318 g/mol. The minimum Gasteiger partial charge on any atom is -0.321 e. The van der Waals surface area contributed by atoms with Crippen molar-refractivity contribution >= 4 is 17.4 Å². The smallest absolute Gasteiger partial charge is 0.276 e. The van der Waals surface area contributed by atoms with Crippen LogP contribution in [0.1, 0.15) is 39.2 Å². The second kappa shape index (κ2) is 6.64. The van der Waals surface area contributed by atoms with Gasteiger partial charge in [0.1, 0.15) is 0 Å². The van der Waals surface area contributed by atoms with E-state index in [9.17, 15) is 9.59 Å². The number of anilines is 1. The summed E-state index contributed by atoms with van der Waals surface area (Å²) in [5, 5.41) is 15.1. The Balaban J connectivity index is 1.78. The van der Waals surface area contributed by atoms with E-state index in [4.69, 9.17) is 0 Å². The molecular formula is C18H17N5O2. The molecule has 1 N–H and O–H groups in total. The van der Waals surface area contributed by atoms with Crippen molar-refractivity contribution in [3.63, 3.8) is 0 Å². The standard InChI is InChI=1S/C18H17N5O2/c1-11-9-12(2)23(22-11)17-8-7-16(20-21-17)18(25)19-15-6-4-5-14(10-15)13(3)24/h4-10H,1-3H3,(H,19,25).